The van der Waals surface area contributed by atoms with Crippen LogP contribution >= 0.6 is 0 Å². The van der Waals surface area contributed by atoms with E-state index in [1.165, 1.54) is 10.4 Å². The molecule has 1 aromatic rings. The van der Waals surface area contributed by atoms with Crippen LogP contribution < -0.4 is 5.32 Å². The number of sulfonamides is 1. The lowest BCUT2D eigenvalue weighted by Crippen LogP contribution is -2.36. The second-order valence-electron chi connectivity index (χ2n) is 7.42. The molecule has 8 heteroatoms. The molecule has 0 aromatic heterocycles. The second-order valence-corrected chi connectivity index (χ2v) is 9.33. The van der Waals surface area contributed by atoms with Crippen LogP contribution in [0.3, 0.4) is 0 Å². The largest absolute Gasteiger partial charge is 0.455 e. The number of carbonyl (C=O) groups is 2. The topological polar surface area (TPSA) is 92.8 Å². The normalized spacial score (nSPS) is 22.9. The number of ether oxygens (including phenoxy) is 1. The zero-order valence-electron chi connectivity index (χ0n) is 15.7. The van der Waals surface area contributed by atoms with Crippen molar-refractivity contribution in [3.05, 3.63) is 23.8 Å². The summed E-state index contributed by atoms with van der Waals surface area (Å²) in [4.78, 5) is 23.9. The van der Waals surface area contributed by atoms with Crippen molar-refractivity contribution in [1.82, 2.24) is 4.31 Å². The lowest BCUT2D eigenvalue weighted by Gasteiger charge is -2.26. The molecule has 0 bridgehead atoms. The Morgan fingerprint density at radius 2 is 1.89 bits per heavy atom. The molecule has 1 saturated carbocycles. The number of hydrogen-bond acceptors (Lipinski definition) is 5. The van der Waals surface area contributed by atoms with Gasteiger partial charge in [-0.15, -0.1) is 0 Å². The molecular weight excluding hydrogens is 368 g/mol. The highest BCUT2D eigenvalue weighted by molar-refractivity contribution is 7.89. The summed E-state index contributed by atoms with van der Waals surface area (Å²) in [6.45, 7) is 4.37. The van der Waals surface area contributed by atoms with Gasteiger partial charge in [-0.25, -0.2) is 8.42 Å². The first-order valence-corrected chi connectivity index (χ1v) is 10.8. The Morgan fingerprint density at radius 1 is 1.22 bits per heavy atom. The highest BCUT2D eigenvalue weighted by atomic mass is 32.2. The first-order valence-electron chi connectivity index (χ1n) is 9.36. The number of benzene rings is 1. The molecule has 7 nitrogen and oxygen atoms in total. The maximum atomic E-state index is 12.9. The van der Waals surface area contributed by atoms with E-state index in [1.54, 1.807) is 19.1 Å². The van der Waals surface area contributed by atoms with Crippen LogP contribution in [0.5, 0.6) is 0 Å². The maximum absolute atomic E-state index is 12.9. The van der Waals surface area contributed by atoms with E-state index in [9.17, 15) is 18.0 Å². The molecule has 1 N–H and O–H groups in total. The highest BCUT2D eigenvalue weighted by Gasteiger charge is 2.40. The summed E-state index contributed by atoms with van der Waals surface area (Å²) in [7, 11) is -3.59. The number of carbonyl (C=O) groups excluding carboxylic acids is 2. The molecular formula is C19H26N2O5S. The molecule has 2 aliphatic rings. The van der Waals surface area contributed by atoms with Crippen molar-refractivity contribution in [1.29, 1.82) is 0 Å². The number of piperidine rings is 1. The fourth-order valence-corrected chi connectivity index (χ4v) is 5.06. The van der Waals surface area contributed by atoms with E-state index in [-0.39, 0.29) is 23.4 Å². The predicted octanol–water partition coefficient (Wildman–Crippen LogP) is 2.31. The maximum Gasteiger partial charge on any atom is 0.309 e. The monoisotopic (exact) mass is 394 g/mol. The smallest absolute Gasteiger partial charge is 0.309 e. The number of hydrogen-bond donors (Lipinski definition) is 1. The van der Waals surface area contributed by atoms with Gasteiger partial charge in [0.25, 0.3) is 5.91 Å². The quantitative estimate of drug-likeness (QED) is 0.748. The fraction of sp³-hybridized carbons (Fsp3) is 0.579. The molecule has 1 amide bonds. The standard InChI is InChI=1S/C19H26N2O5S/c1-13-6-7-15(20-18(22)12-26-19(23)16-10-14(16)2)11-17(13)27(24,25)21-8-4-3-5-9-21/h6-7,11,14,16H,3-5,8-10,12H2,1-2H3,(H,20,22)/t14-,16-/m0/s1. The van der Waals surface area contributed by atoms with Crippen molar-refractivity contribution in [3.63, 3.8) is 0 Å². The average Bonchev–Trinajstić information content (AvgIpc) is 3.39. The van der Waals surface area contributed by atoms with Gasteiger partial charge < -0.3 is 10.1 Å². The Kier molecular flexibility index (Phi) is 5.86. The van der Waals surface area contributed by atoms with Gasteiger partial charge >= 0.3 is 5.97 Å². The zero-order chi connectivity index (χ0) is 19.6. The van der Waals surface area contributed by atoms with Crippen LogP contribution in [0.25, 0.3) is 0 Å². The van der Waals surface area contributed by atoms with E-state index in [2.05, 4.69) is 5.32 Å². The number of nitrogens with zero attached hydrogens (tertiary/aromatic N) is 1. The van der Waals surface area contributed by atoms with Gasteiger partial charge in [-0.1, -0.05) is 19.4 Å². The molecule has 1 heterocycles. The Morgan fingerprint density at radius 3 is 2.52 bits per heavy atom. The van der Waals surface area contributed by atoms with E-state index in [0.717, 1.165) is 25.7 Å². The molecule has 2 atom stereocenters. The third kappa shape index (κ3) is 4.68. The van der Waals surface area contributed by atoms with Gasteiger partial charge in [-0.2, -0.15) is 4.31 Å². The number of esters is 1. The Balaban J connectivity index is 1.65. The molecule has 3 rings (SSSR count). The summed E-state index contributed by atoms with van der Waals surface area (Å²) in [5.41, 5.74) is 1.00. The Bertz CT molecular complexity index is 831. The van der Waals surface area contributed by atoms with Gasteiger partial charge in [0.15, 0.2) is 6.61 Å². The molecule has 0 radical (unpaired) electrons. The van der Waals surface area contributed by atoms with Crippen LogP contribution in [0.15, 0.2) is 23.1 Å². The van der Waals surface area contributed by atoms with E-state index < -0.39 is 15.9 Å². The van der Waals surface area contributed by atoms with Crippen molar-refractivity contribution < 1.29 is 22.7 Å². The van der Waals surface area contributed by atoms with Crippen molar-refractivity contribution in [2.24, 2.45) is 11.8 Å². The van der Waals surface area contributed by atoms with E-state index in [0.29, 0.717) is 30.3 Å². The lowest BCUT2D eigenvalue weighted by atomic mass is 10.2. The van der Waals surface area contributed by atoms with Crippen LogP contribution in [0.1, 0.15) is 38.2 Å². The number of amides is 1. The zero-order valence-corrected chi connectivity index (χ0v) is 16.5. The van der Waals surface area contributed by atoms with Crippen LogP contribution in [0.2, 0.25) is 0 Å². The minimum Gasteiger partial charge on any atom is -0.455 e. The summed E-state index contributed by atoms with van der Waals surface area (Å²) in [5.74, 6) is -0.615. The number of aryl methyl sites for hydroxylation is 1. The van der Waals surface area contributed by atoms with Gasteiger partial charge in [-0.05, 0) is 49.8 Å². The molecule has 148 valence electrons. The second kappa shape index (κ2) is 7.98. The summed E-state index contributed by atoms with van der Waals surface area (Å²) in [6, 6.07) is 4.79. The first kappa shape index (κ1) is 19.8. The van der Waals surface area contributed by atoms with Gasteiger partial charge in [-0.3, -0.25) is 9.59 Å². The molecule has 1 aliphatic carbocycles. The van der Waals surface area contributed by atoms with E-state index >= 15 is 0 Å². The van der Waals surface area contributed by atoms with E-state index in [1.807, 2.05) is 6.92 Å². The van der Waals surface area contributed by atoms with Crippen molar-refractivity contribution in [2.75, 3.05) is 25.0 Å². The number of rotatable bonds is 6. The lowest BCUT2D eigenvalue weighted by molar-refractivity contribution is -0.148. The molecule has 1 aromatic carbocycles. The SMILES string of the molecule is Cc1ccc(NC(=O)COC(=O)[C@H]2C[C@@H]2C)cc1S(=O)(=O)N1CCCCC1. The predicted molar refractivity (Wildman–Crippen MR) is 101 cm³/mol. The van der Waals surface area contributed by atoms with Gasteiger partial charge in [0.2, 0.25) is 10.0 Å². The molecule has 0 unspecified atom stereocenters. The minimum atomic E-state index is -3.59. The van der Waals surface area contributed by atoms with Gasteiger partial charge in [0.1, 0.15) is 0 Å². The summed E-state index contributed by atoms with van der Waals surface area (Å²) < 4.78 is 32.3. The minimum absolute atomic E-state index is 0.0986. The summed E-state index contributed by atoms with van der Waals surface area (Å²) >= 11 is 0. The third-order valence-electron chi connectivity index (χ3n) is 5.16. The molecule has 0 spiro atoms. The molecule has 2 fully saturated rings. The van der Waals surface area contributed by atoms with E-state index in [4.69, 9.17) is 4.74 Å². The van der Waals surface area contributed by atoms with Crippen LogP contribution in [-0.4, -0.2) is 44.3 Å². The van der Waals surface area contributed by atoms with Crippen LogP contribution in [-0.2, 0) is 24.3 Å². The summed E-state index contributed by atoms with van der Waals surface area (Å²) in [5, 5.41) is 2.61. The first-order chi connectivity index (χ1) is 12.8. The molecule has 1 saturated heterocycles. The molecule has 1 aliphatic heterocycles. The van der Waals surface area contributed by atoms with Crippen LogP contribution in [0.4, 0.5) is 5.69 Å². The van der Waals surface area contributed by atoms with Crippen molar-refractivity contribution in [2.45, 2.75) is 44.4 Å². The number of anilines is 1. The Hall–Kier alpha value is -1.93. The van der Waals surface area contributed by atoms with Crippen molar-refractivity contribution >= 4 is 27.6 Å². The van der Waals surface area contributed by atoms with Gasteiger partial charge in [0.05, 0.1) is 10.8 Å². The number of nitrogens with one attached hydrogen (secondary N) is 1. The highest BCUT2D eigenvalue weighted by Crippen LogP contribution is 2.38. The third-order valence-corrected chi connectivity index (χ3v) is 7.20. The fourth-order valence-electron chi connectivity index (χ4n) is 3.29. The van der Waals surface area contributed by atoms with Crippen LogP contribution in [0, 0.1) is 18.8 Å². The average molecular weight is 394 g/mol. The van der Waals surface area contributed by atoms with Gasteiger partial charge in [0, 0.05) is 18.8 Å². The summed E-state index contributed by atoms with van der Waals surface area (Å²) in [6.07, 6.45) is 3.56. The van der Waals surface area contributed by atoms with Crippen molar-refractivity contribution in [3.8, 4) is 0 Å². The Labute approximate surface area is 160 Å². The molecule has 27 heavy (non-hydrogen) atoms.